The van der Waals surface area contributed by atoms with Crippen molar-refractivity contribution in [3.8, 4) is 11.5 Å². The molecule has 0 fully saturated rings. The molecule has 0 bridgehead atoms. The molecule has 0 radical (unpaired) electrons. The second-order valence-corrected chi connectivity index (χ2v) is 4.49. The predicted molar refractivity (Wildman–Crippen MR) is 70.2 cm³/mol. The van der Waals surface area contributed by atoms with Gasteiger partial charge >= 0.3 is 0 Å². The van der Waals surface area contributed by atoms with E-state index >= 15 is 0 Å². The van der Waals surface area contributed by atoms with Crippen molar-refractivity contribution in [3.05, 3.63) is 59.2 Å². The average Bonchev–Trinajstić information content (AvgIpc) is 2.34. The van der Waals surface area contributed by atoms with Gasteiger partial charge in [0, 0.05) is 6.04 Å². The lowest BCUT2D eigenvalue weighted by molar-refractivity contribution is 0.437. The molecule has 0 heterocycles. The van der Waals surface area contributed by atoms with E-state index in [0.717, 1.165) is 0 Å². The second-order valence-electron chi connectivity index (χ2n) is 4.49. The zero-order chi connectivity index (χ0) is 14.0. The molecule has 2 N–H and O–H groups in total. The summed E-state index contributed by atoms with van der Waals surface area (Å²) in [7, 11) is 0. The molecule has 2 aromatic carbocycles. The maximum absolute atomic E-state index is 13.9. The monoisotopic (exact) mass is 263 g/mol. The van der Waals surface area contributed by atoms with Crippen molar-refractivity contribution in [1.82, 2.24) is 0 Å². The van der Waals surface area contributed by atoms with Crippen LogP contribution in [0.4, 0.5) is 8.78 Å². The summed E-state index contributed by atoms with van der Waals surface area (Å²) in [5.74, 6) is -0.316. The van der Waals surface area contributed by atoms with E-state index in [4.69, 9.17) is 10.5 Å². The van der Waals surface area contributed by atoms with Crippen molar-refractivity contribution in [2.24, 2.45) is 5.73 Å². The number of rotatable bonds is 3. The van der Waals surface area contributed by atoms with Gasteiger partial charge in [-0.15, -0.1) is 0 Å². The van der Waals surface area contributed by atoms with E-state index in [1.807, 2.05) is 0 Å². The van der Waals surface area contributed by atoms with Crippen LogP contribution < -0.4 is 10.5 Å². The van der Waals surface area contributed by atoms with Gasteiger partial charge in [0.1, 0.15) is 11.6 Å². The van der Waals surface area contributed by atoms with Gasteiger partial charge in [-0.25, -0.2) is 8.78 Å². The fourth-order valence-corrected chi connectivity index (χ4v) is 1.73. The molecule has 0 amide bonds. The first-order chi connectivity index (χ1) is 8.97. The quantitative estimate of drug-likeness (QED) is 0.905. The Labute approximate surface area is 110 Å². The molecule has 0 spiro atoms. The van der Waals surface area contributed by atoms with E-state index in [0.29, 0.717) is 16.9 Å². The Balaban J connectivity index is 2.28. The van der Waals surface area contributed by atoms with Gasteiger partial charge < -0.3 is 10.5 Å². The molecular formula is C15H15F2NO. The lowest BCUT2D eigenvalue weighted by Gasteiger charge is -2.11. The molecule has 4 heteroatoms. The minimum absolute atomic E-state index is 0.0964. The van der Waals surface area contributed by atoms with E-state index in [1.54, 1.807) is 19.9 Å². The molecule has 0 unspecified atom stereocenters. The molecule has 2 aromatic rings. The van der Waals surface area contributed by atoms with Crippen LogP contribution in [0.1, 0.15) is 24.1 Å². The van der Waals surface area contributed by atoms with Crippen molar-refractivity contribution >= 4 is 0 Å². The highest BCUT2D eigenvalue weighted by Crippen LogP contribution is 2.28. The molecule has 1 atom stereocenters. The minimum Gasteiger partial charge on any atom is -0.454 e. The molecule has 0 aliphatic heterocycles. The lowest BCUT2D eigenvalue weighted by atomic mass is 10.1. The van der Waals surface area contributed by atoms with E-state index in [1.165, 1.54) is 30.3 Å². The van der Waals surface area contributed by atoms with Gasteiger partial charge in [-0.05, 0) is 55.3 Å². The number of hydrogen-bond donors (Lipinski definition) is 1. The number of benzene rings is 2. The molecule has 0 aliphatic rings. The number of ether oxygens (including phenoxy) is 1. The van der Waals surface area contributed by atoms with Crippen LogP contribution in [0.15, 0.2) is 36.4 Å². The van der Waals surface area contributed by atoms with E-state index in [2.05, 4.69) is 0 Å². The minimum atomic E-state index is -0.487. The van der Waals surface area contributed by atoms with Gasteiger partial charge in [0.05, 0.1) is 0 Å². The zero-order valence-corrected chi connectivity index (χ0v) is 10.8. The lowest BCUT2D eigenvalue weighted by Crippen LogP contribution is -2.05. The third-order valence-electron chi connectivity index (χ3n) is 2.84. The Kier molecular flexibility index (Phi) is 3.81. The highest BCUT2D eigenvalue weighted by molar-refractivity contribution is 5.39. The van der Waals surface area contributed by atoms with Gasteiger partial charge in [-0.1, -0.05) is 6.07 Å². The largest absolute Gasteiger partial charge is 0.454 e. The normalized spacial score (nSPS) is 12.3. The van der Waals surface area contributed by atoms with Crippen LogP contribution in [-0.2, 0) is 0 Å². The van der Waals surface area contributed by atoms with Crippen LogP contribution >= 0.6 is 0 Å². The predicted octanol–water partition coefficient (Wildman–Crippen LogP) is 4.09. The van der Waals surface area contributed by atoms with Gasteiger partial charge in [0.15, 0.2) is 11.6 Å². The van der Waals surface area contributed by atoms with Crippen LogP contribution in [0.2, 0.25) is 0 Å². The maximum Gasteiger partial charge on any atom is 0.166 e. The Morgan fingerprint density at radius 1 is 1.05 bits per heavy atom. The average molecular weight is 263 g/mol. The molecule has 0 aliphatic carbocycles. The fourth-order valence-electron chi connectivity index (χ4n) is 1.73. The fraction of sp³-hybridized carbons (Fsp3) is 0.200. The first-order valence-electron chi connectivity index (χ1n) is 5.96. The van der Waals surface area contributed by atoms with Gasteiger partial charge in [0.25, 0.3) is 0 Å². The third-order valence-corrected chi connectivity index (χ3v) is 2.84. The van der Waals surface area contributed by atoms with Crippen LogP contribution in [0, 0.1) is 18.6 Å². The Morgan fingerprint density at radius 3 is 2.32 bits per heavy atom. The molecular weight excluding hydrogens is 248 g/mol. The maximum atomic E-state index is 13.9. The topological polar surface area (TPSA) is 35.2 Å². The van der Waals surface area contributed by atoms with Gasteiger partial charge in [0.2, 0.25) is 0 Å². The summed E-state index contributed by atoms with van der Waals surface area (Å²) in [5, 5.41) is 0. The zero-order valence-electron chi connectivity index (χ0n) is 10.8. The summed E-state index contributed by atoms with van der Waals surface area (Å²) in [6.45, 7) is 3.48. The molecule has 0 aromatic heterocycles. The summed E-state index contributed by atoms with van der Waals surface area (Å²) in [6.07, 6.45) is 0. The smallest absolute Gasteiger partial charge is 0.166 e. The van der Waals surface area contributed by atoms with E-state index in [-0.39, 0.29) is 17.6 Å². The van der Waals surface area contributed by atoms with Crippen molar-refractivity contribution in [1.29, 1.82) is 0 Å². The Hall–Kier alpha value is -1.94. The van der Waals surface area contributed by atoms with E-state index in [9.17, 15) is 8.78 Å². The van der Waals surface area contributed by atoms with Crippen LogP contribution in [0.5, 0.6) is 11.5 Å². The summed E-state index contributed by atoms with van der Waals surface area (Å²) < 4.78 is 32.3. The molecule has 0 saturated carbocycles. The van der Waals surface area contributed by atoms with Crippen LogP contribution in [0.3, 0.4) is 0 Å². The highest BCUT2D eigenvalue weighted by atomic mass is 19.1. The Morgan fingerprint density at radius 2 is 1.74 bits per heavy atom. The molecule has 100 valence electrons. The summed E-state index contributed by atoms with van der Waals surface area (Å²) in [4.78, 5) is 0. The first-order valence-corrected chi connectivity index (χ1v) is 5.96. The molecule has 19 heavy (non-hydrogen) atoms. The van der Waals surface area contributed by atoms with Crippen molar-refractivity contribution in [2.75, 3.05) is 0 Å². The molecule has 2 rings (SSSR count). The molecule has 0 saturated heterocycles. The van der Waals surface area contributed by atoms with Crippen molar-refractivity contribution in [3.63, 3.8) is 0 Å². The van der Waals surface area contributed by atoms with Gasteiger partial charge in [-0.3, -0.25) is 0 Å². The number of aryl methyl sites for hydroxylation is 1. The van der Waals surface area contributed by atoms with Crippen LogP contribution in [0.25, 0.3) is 0 Å². The summed E-state index contributed by atoms with van der Waals surface area (Å²) in [5.41, 5.74) is 6.98. The summed E-state index contributed by atoms with van der Waals surface area (Å²) in [6, 6.07) is 8.43. The summed E-state index contributed by atoms with van der Waals surface area (Å²) >= 11 is 0. The third kappa shape index (κ3) is 3.09. The number of halogens is 2. The van der Waals surface area contributed by atoms with E-state index < -0.39 is 5.82 Å². The number of hydrogen-bond acceptors (Lipinski definition) is 2. The SMILES string of the molecule is Cc1cc(F)ccc1Oc1ccc([C@@H](C)N)cc1F. The standard InChI is InChI=1S/C15H15F2NO/c1-9-7-12(16)4-6-14(9)19-15-5-3-11(10(2)18)8-13(15)17/h3-8,10H,18H2,1-2H3/t10-/m1/s1. The second kappa shape index (κ2) is 5.36. The van der Waals surface area contributed by atoms with Crippen molar-refractivity contribution in [2.45, 2.75) is 19.9 Å². The Bertz CT molecular complexity index is 597. The van der Waals surface area contributed by atoms with Crippen molar-refractivity contribution < 1.29 is 13.5 Å². The highest BCUT2D eigenvalue weighted by Gasteiger charge is 2.10. The molecule has 2 nitrogen and oxygen atoms in total. The van der Waals surface area contributed by atoms with Crippen LogP contribution in [-0.4, -0.2) is 0 Å². The number of nitrogens with two attached hydrogens (primary N) is 1. The first kappa shape index (κ1) is 13.5. The van der Waals surface area contributed by atoms with Gasteiger partial charge in [-0.2, -0.15) is 0 Å².